The fraction of sp³-hybridized carbons (Fsp3) is 0.154. The summed E-state index contributed by atoms with van der Waals surface area (Å²) in [6, 6.07) is 13.8. The molecule has 0 aliphatic heterocycles. The minimum Gasteiger partial charge on any atom is -0.355 e. The van der Waals surface area contributed by atoms with Gasteiger partial charge in [0.1, 0.15) is 5.82 Å². The molecule has 0 aliphatic rings. The van der Waals surface area contributed by atoms with Gasteiger partial charge in [0, 0.05) is 24.8 Å². The number of nitrogens with zero attached hydrogens (tertiary/aromatic N) is 2. The van der Waals surface area contributed by atoms with Crippen molar-refractivity contribution in [2.75, 3.05) is 11.9 Å². The minimum atomic E-state index is 0.770. The monoisotopic (exact) mass is 232 g/mol. The topological polar surface area (TPSA) is 16.1 Å². The largest absolute Gasteiger partial charge is 0.355 e. The van der Waals surface area contributed by atoms with E-state index in [0.29, 0.717) is 0 Å². The van der Waals surface area contributed by atoms with Gasteiger partial charge in [0.2, 0.25) is 0 Å². The summed E-state index contributed by atoms with van der Waals surface area (Å²) >= 11 is 5.94. The Morgan fingerprint density at radius 1 is 1.19 bits per heavy atom. The number of halogens is 1. The number of aromatic nitrogens is 1. The van der Waals surface area contributed by atoms with E-state index in [1.807, 2.05) is 43.4 Å². The normalized spacial score (nSPS) is 10.1. The average Bonchev–Trinajstić information content (AvgIpc) is 2.30. The summed E-state index contributed by atoms with van der Waals surface area (Å²) in [6.07, 6.45) is 1.80. The number of rotatable bonds is 3. The van der Waals surface area contributed by atoms with E-state index in [-0.39, 0.29) is 0 Å². The summed E-state index contributed by atoms with van der Waals surface area (Å²) in [5, 5.41) is 0.770. The van der Waals surface area contributed by atoms with Crippen LogP contribution in [0.1, 0.15) is 5.56 Å². The van der Waals surface area contributed by atoms with Crippen LogP contribution in [0.25, 0.3) is 0 Å². The molecular weight excluding hydrogens is 220 g/mol. The van der Waals surface area contributed by atoms with Crippen LogP contribution < -0.4 is 4.90 Å². The Labute approximate surface area is 101 Å². The van der Waals surface area contributed by atoms with Gasteiger partial charge in [-0.05, 0) is 29.8 Å². The van der Waals surface area contributed by atoms with Gasteiger partial charge in [-0.1, -0.05) is 29.8 Å². The van der Waals surface area contributed by atoms with Crippen molar-refractivity contribution in [1.82, 2.24) is 4.98 Å². The van der Waals surface area contributed by atoms with Crippen LogP contribution in [0.3, 0.4) is 0 Å². The second-order valence-corrected chi connectivity index (χ2v) is 4.11. The van der Waals surface area contributed by atoms with Crippen LogP contribution in [0, 0.1) is 0 Å². The van der Waals surface area contributed by atoms with E-state index in [9.17, 15) is 0 Å². The molecule has 0 atom stereocenters. The molecular formula is C13H13ClN2. The van der Waals surface area contributed by atoms with Crippen molar-refractivity contribution >= 4 is 17.4 Å². The van der Waals surface area contributed by atoms with Gasteiger partial charge in [-0.2, -0.15) is 0 Å². The van der Waals surface area contributed by atoms with E-state index in [4.69, 9.17) is 11.6 Å². The molecule has 2 nitrogen and oxygen atoms in total. The van der Waals surface area contributed by atoms with Crippen molar-refractivity contribution in [3.63, 3.8) is 0 Å². The SMILES string of the molecule is CN(Cc1cccc(Cl)c1)c1ccccn1. The summed E-state index contributed by atoms with van der Waals surface area (Å²) in [5.74, 6) is 0.961. The first kappa shape index (κ1) is 11.0. The van der Waals surface area contributed by atoms with Gasteiger partial charge < -0.3 is 4.90 Å². The number of anilines is 1. The quantitative estimate of drug-likeness (QED) is 0.807. The summed E-state index contributed by atoms with van der Waals surface area (Å²) in [5.41, 5.74) is 1.18. The first-order valence-electron chi connectivity index (χ1n) is 5.12. The summed E-state index contributed by atoms with van der Waals surface area (Å²) < 4.78 is 0. The van der Waals surface area contributed by atoms with Gasteiger partial charge >= 0.3 is 0 Å². The van der Waals surface area contributed by atoms with Crippen LogP contribution in [-0.2, 0) is 6.54 Å². The lowest BCUT2D eigenvalue weighted by Crippen LogP contribution is -2.17. The summed E-state index contributed by atoms with van der Waals surface area (Å²) in [6.45, 7) is 0.803. The predicted molar refractivity (Wildman–Crippen MR) is 67.8 cm³/mol. The van der Waals surface area contributed by atoms with Crippen LogP contribution in [-0.4, -0.2) is 12.0 Å². The maximum absolute atomic E-state index is 5.94. The third-order valence-corrected chi connectivity index (χ3v) is 2.58. The molecule has 0 amide bonds. The molecule has 0 aliphatic carbocycles. The molecule has 1 aromatic carbocycles. The van der Waals surface area contributed by atoms with E-state index in [1.54, 1.807) is 6.20 Å². The third kappa shape index (κ3) is 2.74. The number of hydrogen-bond acceptors (Lipinski definition) is 2. The number of pyridine rings is 1. The molecule has 0 bridgehead atoms. The fourth-order valence-electron chi connectivity index (χ4n) is 1.57. The van der Waals surface area contributed by atoms with E-state index < -0.39 is 0 Å². The molecule has 0 saturated heterocycles. The molecule has 16 heavy (non-hydrogen) atoms. The van der Waals surface area contributed by atoms with Gasteiger partial charge in [-0.3, -0.25) is 0 Å². The summed E-state index contributed by atoms with van der Waals surface area (Å²) in [7, 11) is 2.02. The molecule has 3 heteroatoms. The van der Waals surface area contributed by atoms with Crippen LogP contribution in [0.15, 0.2) is 48.7 Å². The van der Waals surface area contributed by atoms with Crippen LogP contribution in [0.4, 0.5) is 5.82 Å². The van der Waals surface area contributed by atoms with Crippen molar-refractivity contribution in [2.45, 2.75) is 6.54 Å². The van der Waals surface area contributed by atoms with Crippen LogP contribution in [0.5, 0.6) is 0 Å². The van der Waals surface area contributed by atoms with Gasteiger partial charge in [0.25, 0.3) is 0 Å². The molecule has 0 radical (unpaired) electrons. The van der Waals surface area contributed by atoms with Crippen molar-refractivity contribution in [1.29, 1.82) is 0 Å². The molecule has 0 spiro atoms. The van der Waals surface area contributed by atoms with E-state index in [0.717, 1.165) is 17.4 Å². The Bertz CT molecular complexity index is 456. The average molecular weight is 233 g/mol. The Morgan fingerprint density at radius 2 is 2.06 bits per heavy atom. The number of hydrogen-bond donors (Lipinski definition) is 0. The zero-order valence-corrected chi connectivity index (χ0v) is 9.85. The first-order chi connectivity index (χ1) is 7.75. The van der Waals surface area contributed by atoms with Crippen molar-refractivity contribution < 1.29 is 0 Å². The molecule has 0 fully saturated rings. The molecule has 1 heterocycles. The Hall–Kier alpha value is -1.54. The summed E-state index contributed by atoms with van der Waals surface area (Å²) in [4.78, 5) is 6.38. The second kappa shape index (κ2) is 4.99. The highest BCUT2D eigenvalue weighted by Gasteiger charge is 2.02. The predicted octanol–water partition coefficient (Wildman–Crippen LogP) is 3.37. The van der Waals surface area contributed by atoms with Crippen LogP contribution in [0.2, 0.25) is 5.02 Å². The maximum Gasteiger partial charge on any atom is 0.128 e. The highest BCUT2D eigenvalue weighted by Crippen LogP contribution is 2.15. The van der Waals surface area contributed by atoms with E-state index in [1.165, 1.54) is 5.56 Å². The van der Waals surface area contributed by atoms with Crippen molar-refractivity contribution in [2.24, 2.45) is 0 Å². The van der Waals surface area contributed by atoms with Gasteiger partial charge in [-0.25, -0.2) is 4.98 Å². The molecule has 2 rings (SSSR count). The lowest BCUT2D eigenvalue weighted by Gasteiger charge is -2.17. The van der Waals surface area contributed by atoms with Crippen LogP contribution >= 0.6 is 11.6 Å². The van der Waals surface area contributed by atoms with E-state index in [2.05, 4.69) is 16.0 Å². The smallest absolute Gasteiger partial charge is 0.128 e. The fourth-order valence-corrected chi connectivity index (χ4v) is 1.78. The van der Waals surface area contributed by atoms with Gasteiger partial charge in [0.15, 0.2) is 0 Å². The third-order valence-electron chi connectivity index (χ3n) is 2.35. The second-order valence-electron chi connectivity index (χ2n) is 3.67. The Kier molecular flexibility index (Phi) is 3.42. The maximum atomic E-state index is 5.94. The first-order valence-corrected chi connectivity index (χ1v) is 5.50. The Morgan fingerprint density at radius 3 is 2.75 bits per heavy atom. The van der Waals surface area contributed by atoms with Crippen molar-refractivity contribution in [3.05, 3.63) is 59.2 Å². The Balaban J connectivity index is 2.11. The molecule has 0 N–H and O–H groups in total. The molecule has 0 unspecified atom stereocenters. The highest BCUT2D eigenvalue weighted by molar-refractivity contribution is 6.30. The van der Waals surface area contributed by atoms with E-state index >= 15 is 0 Å². The lowest BCUT2D eigenvalue weighted by atomic mass is 10.2. The van der Waals surface area contributed by atoms with Crippen molar-refractivity contribution in [3.8, 4) is 0 Å². The van der Waals surface area contributed by atoms with Gasteiger partial charge in [0.05, 0.1) is 0 Å². The molecule has 82 valence electrons. The minimum absolute atomic E-state index is 0.770. The lowest BCUT2D eigenvalue weighted by molar-refractivity contribution is 0.898. The molecule has 2 aromatic rings. The molecule has 1 aromatic heterocycles. The molecule has 0 saturated carbocycles. The highest BCUT2D eigenvalue weighted by atomic mass is 35.5. The standard InChI is InChI=1S/C13H13ClN2/c1-16(13-7-2-3-8-15-13)10-11-5-4-6-12(14)9-11/h2-9H,10H2,1H3. The zero-order chi connectivity index (χ0) is 11.4. The zero-order valence-electron chi connectivity index (χ0n) is 9.10. The van der Waals surface area contributed by atoms with Gasteiger partial charge in [-0.15, -0.1) is 0 Å². The number of benzene rings is 1.